The second-order valence-electron chi connectivity index (χ2n) is 18.6. The average Bonchev–Trinajstić information content (AvgIpc) is 3.88. The molecular formula is C59H56N4O10. The number of benzene rings is 6. The molecule has 4 amide bonds. The van der Waals surface area contributed by atoms with Gasteiger partial charge in [0.2, 0.25) is 11.8 Å². The first-order valence-corrected chi connectivity index (χ1v) is 24.5. The zero-order chi connectivity index (χ0) is 50.8. The number of urea groups is 1. The zero-order valence-electron chi connectivity index (χ0n) is 40.8. The van der Waals surface area contributed by atoms with Gasteiger partial charge in [-0.05, 0) is 83.1 Å². The van der Waals surface area contributed by atoms with Crippen LogP contribution in [0, 0.1) is 17.8 Å². The average molecular weight is 981 g/mol. The van der Waals surface area contributed by atoms with Crippen molar-refractivity contribution in [2.24, 2.45) is 5.92 Å². The lowest BCUT2D eigenvalue weighted by molar-refractivity contribution is -0.179. The molecule has 4 aliphatic rings. The van der Waals surface area contributed by atoms with Gasteiger partial charge in [0.1, 0.15) is 29.9 Å². The van der Waals surface area contributed by atoms with Gasteiger partial charge >= 0.3 is 12.0 Å². The van der Waals surface area contributed by atoms with Crippen LogP contribution in [-0.4, -0.2) is 90.5 Å². The number of nitrogens with one attached hydrogen (secondary N) is 1. The van der Waals surface area contributed by atoms with Crippen LogP contribution >= 0.6 is 0 Å². The third kappa shape index (κ3) is 8.52. The number of esters is 1. The number of aliphatic hydroxyl groups is 2. The summed E-state index contributed by atoms with van der Waals surface area (Å²) in [6, 6.07) is 39.5. The number of aliphatic hydroxyl groups excluding tert-OH is 2. The number of amides is 4. The van der Waals surface area contributed by atoms with Crippen molar-refractivity contribution in [2.75, 3.05) is 45.5 Å². The smallest absolute Gasteiger partial charge is 0.329 e. The van der Waals surface area contributed by atoms with Gasteiger partial charge < -0.3 is 39.4 Å². The molecule has 372 valence electrons. The van der Waals surface area contributed by atoms with Crippen LogP contribution in [0.4, 0.5) is 10.5 Å². The quantitative estimate of drug-likeness (QED) is 0.0820. The van der Waals surface area contributed by atoms with Crippen LogP contribution in [0.3, 0.4) is 0 Å². The van der Waals surface area contributed by atoms with Gasteiger partial charge in [-0.1, -0.05) is 121 Å². The van der Waals surface area contributed by atoms with Gasteiger partial charge in [0.25, 0.3) is 0 Å². The molecular weight excluding hydrogens is 925 g/mol. The number of imide groups is 1. The summed E-state index contributed by atoms with van der Waals surface area (Å²) in [5.74, 6) is 3.96. The highest BCUT2D eigenvalue weighted by Crippen LogP contribution is 2.67. The molecule has 0 radical (unpaired) electrons. The number of fused-ring (bicyclic) bond motifs is 4. The number of para-hydroxylation sites is 1. The molecule has 73 heavy (non-hydrogen) atoms. The number of carbonyl (C=O) groups excluding carboxylic acids is 4. The van der Waals surface area contributed by atoms with Gasteiger partial charge in [0.05, 0.1) is 57.2 Å². The lowest BCUT2D eigenvalue weighted by atomic mass is 9.64. The van der Waals surface area contributed by atoms with E-state index < -0.39 is 65.4 Å². The second-order valence-corrected chi connectivity index (χ2v) is 18.6. The van der Waals surface area contributed by atoms with E-state index in [-0.39, 0.29) is 45.0 Å². The zero-order valence-corrected chi connectivity index (χ0v) is 40.8. The Morgan fingerprint density at radius 2 is 1.44 bits per heavy atom. The first-order chi connectivity index (χ1) is 35.6. The normalized spacial score (nSPS) is 22.3. The maximum Gasteiger partial charge on any atom is 0.329 e. The Morgan fingerprint density at radius 3 is 2.12 bits per heavy atom. The van der Waals surface area contributed by atoms with Crippen molar-refractivity contribution < 1.29 is 48.3 Å². The topological polar surface area (TPSA) is 167 Å². The molecule has 14 nitrogen and oxygen atoms in total. The Bertz CT molecular complexity index is 3110. The van der Waals surface area contributed by atoms with Crippen molar-refractivity contribution in [2.45, 2.75) is 62.0 Å². The predicted octanol–water partition coefficient (Wildman–Crippen LogP) is 7.53. The fourth-order valence-electron chi connectivity index (χ4n) is 11.5. The van der Waals surface area contributed by atoms with Crippen molar-refractivity contribution in [3.05, 3.63) is 190 Å². The third-order valence-electron chi connectivity index (χ3n) is 14.6. The van der Waals surface area contributed by atoms with E-state index in [2.05, 4.69) is 17.2 Å². The lowest BCUT2D eigenvalue weighted by Gasteiger charge is -2.46. The Hall–Kier alpha value is -7.96. The Morgan fingerprint density at radius 1 is 0.781 bits per heavy atom. The van der Waals surface area contributed by atoms with Gasteiger partial charge in [-0.3, -0.25) is 19.3 Å². The van der Waals surface area contributed by atoms with Crippen LogP contribution in [-0.2, 0) is 37.5 Å². The van der Waals surface area contributed by atoms with Gasteiger partial charge in [0, 0.05) is 30.6 Å². The second kappa shape index (κ2) is 20.6. The number of morpholine rings is 1. The molecule has 3 N–H and O–H groups in total. The Labute approximate surface area is 424 Å². The fraction of sp³-hybridized carbons (Fsp3) is 0.288. The SMILES string of the molecule is COc1cc2c(cc1OC)CN(C(=O)[C@@H]1[C@H]3C(=O)O[C@H](c4ccccc4)[C@H](c4ccccc4)N3[C@H](c3ccccc3OCCO)[C@@]13C(=O)N(C(=O)N[C@H](C)c1ccccc1)c1ccc(C#CCCO)cc13)CC2. The minimum atomic E-state index is -2.09. The first kappa shape index (κ1) is 48.7. The monoisotopic (exact) mass is 980 g/mol. The molecule has 0 unspecified atom stereocenters. The summed E-state index contributed by atoms with van der Waals surface area (Å²) in [5, 5.41) is 23.0. The number of anilines is 1. The minimum Gasteiger partial charge on any atom is -0.493 e. The van der Waals surface area contributed by atoms with Gasteiger partial charge in [-0.2, -0.15) is 0 Å². The summed E-state index contributed by atoms with van der Waals surface area (Å²) < 4.78 is 24.4. The highest BCUT2D eigenvalue weighted by Gasteiger charge is 2.76. The Balaban J connectivity index is 1.27. The van der Waals surface area contributed by atoms with Gasteiger partial charge in [-0.25, -0.2) is 9.69 Å². The van der Waals surface area contributed by atoms with Crippen molar-refractivity contribution in [3.63, 3.8) is 0 Å². The first-order valence-electron chi connectivity index (χ1n) is 24.5. The number of nitrogens with zero attached hydrogens (tertiary/aromatic N) is 3. The molecule has 7 atom stereocenters. The molecule has 4 heterocycles. The van der Waals surface area contributed by atoms with Crippen LogP contribution in [0.15, 0.2) is 146 Å². The molecule has 14 heteroatoms. The van der Waals surface area contributed by atoms with E-state index in [0.29, 0.717) is 45.9 Å². The molecule has 10 rings (SSSR count). The largest absolute Gasteiger partial charge is 0.493 e. The molecule has 2 saturated heterocycles. The number of methoxy groups -OCH3 is 2. The Kier molecular flexibility index (Phi) is 13.8. The number of hydrogen-bond acceptors (Lipinski definition) is 11. The van der Waals surface area contributed by atoms with Crippen molar-refractivity contribution in [1.82, 2.24) is 15.1 Å². The standard InChI is InChI=1S/C59H56N4O10/c1-37(39-18-7-4-8-19-39)60-58(69)62-46-27-26-38(17-15-16-30-64)33-45(46)59(57(62)68)50(55(66)61-29-28-42-34-48(70-2)49(71-3)35-43(42)36-61)52-56(67)73-53(41-22-11-6-12-23-41)51(40-20-9-5-10-21-40)63(52)54(59)44-24-13-14-25-47(44)72-32-31-65/h4-14,18-27,33-35,37,50-54,64-65H,16,28-32,36H2,1-3H3,(H,60,69)/t37-,50+,51+,52+,53-,54-,59+/m1/s1. The molecule has 0 aromatic heterocycles. The van der Waals surface area contributed by atoms with Crippen molar-refractivity contribution in [1.29, 1.82) is 0 Å². The van der Waals surface area contributed by atoms with E-state index >= 15 is 19.2 Å². The maximum absolute atomic E-state index is 17.0. The molecule has 0 bridgehead atoms. The van der Waals surface area contributed by atoms with Crippen LogP contribution < -0.4 is 24.4 Å². The molecule has 6 aromatic rings. The summed E-state index contributed by atoms with van der Waals surface area (Å²) in [5.41, 5.74) is 3.28. The summed E-state index contributed by atoms with van der Waals surface area (Å²) >= 11 is 0. The van der Waals surface area contributed by atoms with Gasteiger partial charge in [-0.15, -0.1) is 0 Å². The maximum atomic E-state index is 17.0. The van der Waals surface area contributed by atoms with Crippen LogP contribution in [0.25, 0.3) is 0 Å². The predicted molar refractivity (Wildman–Crippen MR) is 272 cm³/mol. The van der Waals surface area contributed by atoms with E-state index in [1.54, 1.807) is 55.5 Å². The molecule has 6 aromatic carbocycles. The highest BCUT2D eigenvalue weighted by atomic mass is 16.6. The molecule has 0 saturated carbocycles. The molecule has 2 fully saturated rings. The van der Waals surface area contributed by atoms with Crippen LogP contribution in [0.5, 0.6) is 17.2 Å². The fourth-order valence-corrected chi connectivity index (χ4v) is 11.5. The van der Waals surface area contributed by atoms with Crippen LogP contribution in [0.1, 0.15) is 82.1 Å². The van der Waals surface area contributed by atoms with Crippen molar-refractivity contribution >= 4 is 29.5 Å². The van der Waals surface area contributed by atoms with E-state index in [1.807, 2.05) is 121 Å². The van der Waals surface area contributed by atoms with E-state index in [1.165, 1.54) is 0 Å². The number of hydrogen-bond donors (Lipinski definition) is 3. The minimum absolute atomic E-state index is 0.102. The van der Waals surface area contributed by atoms with Crippen molar-refractivity contribution in [3.8, 4) is 29.1 Å². The van der Waals surface area contributed by atoms with E-state index in [0.717, 1.165) is 27.2 Å². The summed E-state index contributed by atoms with van der Waals surface area (Å²) in [7, 11) is 3.11. The van der Waals surface area contributed by atoms with Gasteiger partial charge in [0.15, 0.2) is 11.5 Å². The number of cyclic esters (lactones) is 1. The van der Waals surface area contributed by atoms with Crippen LogP contribution in [0.2, 0.25) is 0 Å². The van der Waals surface area contributed by atoms with E-state index in [4.69, 9.17) is 18.9 Å². The lowest BCUT2D eigenvalue weighted by Crippen LogP contribution is -2.57. The van der Waals surface area contributed by atoms with E-state index in [9.17, 15) is 10.2 Å². The molecule has 1 spiro atoms. The number of rotatable bonds is 12. The third-order valence-corrected chi connectivity index (χ3v) is 14.6. The molecule has 4 aliphatic heterocycles. The summed E-state index contributed by atoms with van der Waals surface area (Å²) in [4.78, 5) is 69.4. The molecule has 0 aliphatic carbocycles. The number of ether oxygens (including phenoxy) is 4. The highest BCUT2D eigenvalue weighted by molar-refractivity contribution is 6.24. The summed E-state index contributed by atoms with van der Waals surface area (Å²) in [6.45, 7) is 1.53. The number of carbonyl (C=O) groups is 4. The summed E-state index contributed by atoms with van der Waals surface area (Å²) in [6.07, 6.45) is -0.362.